The Labute approximate surface area is 194 Å². The molecule has 0 spiro atoms. The molecule has 2 amide bonds. The third-order valence-corrected chi connectivity index (χ3v) is 5.70. The minimum Gasteiger partial charge on any atom is -0.494 e. The van der Waals surface area contributed by atoms with E-state index in [0.29, 0.717) is 28.8 Å². The molecule has 0 radical (unpaired) electrons. The summed E-state index contributed by atoms with van der Waals surface area (Å²) in [4.78, 5) is 27.3. The maximum atomic E-state index is 13.0. The highest BCUT2D eigenvalue weighted by atomic mass is 35.5. The second-order valence-electron chi connectivity index (χ2n) is 7.51. The quantitative estimate of drug-likeness (QED) is 0.447. The lowest BCUT2D eigenvalue weighted by atomic mass is 10.1. The molecule has 0 aliphatic heterocycles. The molecule has 168 valence electrons. The molecule has 0 unspecified atom stereocenters. The number of halogens is 2. The van der Waals surface area contributed by atoms with E-state index in [-0.39, 0.29) is 30.8 Å². The molecule has 0 heterocycles. The van der Waals surface area contributed by atoms with Gasteiger partial charge in [0.2, 0.25) is 11.8 Å². The van der Waals surface area contributed by atoms with Crippen LogP contribution in [0, 0.1) is 0 Å². The first-order valence-corrected chi connectivity index (χ1v) is 11.3. The number of hydrogen-bond donors (Lipinski definition) is 1. The van der Waals surface area contributed by atoms with Crippen LogP contribution in [-0.4, -0.2) is 35.4 Å². The van der Waals surface area contributed by atoms with Crippen LogP contribution < -0.4 is 10.1 Å². The summed E-state index contributed by atoms with van der Waals surface area (Å²) in [6, 6.07) is 13.9. The Morgan fingerprint density at radius 2 is 1.74 bits per heavy atom. The highest BCUT2D eigenvalue weighted by molar-refractivity contribution is 6.31. The van der Waals surface area contributed by atoms with E-state index in [0.717, 1.165) is 12.0 Å². The molecule has 0 fully saturated rings. The third-order valence-electron chi connectivity index (χ3n) is 5.08. The van der Waals surface area contributed by atoms with Crippen LogP contribution in [0.25, 0.3) is 0 Å². The highest BCUT2D eigenvalue weighted by Gasteiger charge is 2.27. The van der Waals surface area contributed by atoms with Crippen LogP contribution in [0.5, 0.6) is 5.75 Å². The van der Waals surface area contributed by atoms with Gasteiger partial charge >= 0.3 is 0 Å². The molecule has 2 aromatic rings. The van der Waals surface area contributed by atoms with Crippen LogP contribution >= 0.6 is 23.2 Å². The van der Waals surface area contributed by atoms with Gasteiger partial charge in [-0.15, -0.1) is 0 Å². The van der Waals surface area contributed by atoms with Gasteiger partial charge in [0.1, 0.15) is 11.8 Å². The van der Waals surface area contributed by atoms with Crippen LogP contribution in [0.15, 0.2) is 48.5 Å². The molecule has 2 atom stereocenters. The van der Waals surface area contributed by atoms with Crippen LogP contribution in [0.1, 0.15) is 45.6 Å². The number of amides is 2. The van der Waals surface area contributed by atoms with E-state index < -0.39 is 6.04 Å². The van der Waals surface area contributed by atoms with Crippen LogP contribution in [-0.2, 0) is 16.1 Å². The average Bonchev–Trinajstić information content (AvgIpc) is 2.76. The Balaban J connectivity index is 2.01. The van der Waals surface area contributed by atoms with Gasteiger partial charge in [0.25, 0.3) is 0 Å². The second-order valence-corrected chi connectivity index (χ2v) is 8.36. The molecule has 0 aliphatic rings. The molecule has 5 nitrogen and oxygen atoms in total. The van der Waals surface area contributed by atoms with E-state index in [4.69, 9.17) is 27.9 Å². The lowest BCUT2D eigenvalue weighted by molar-refractivity contribution is -0.141. The largest absolute Gasteiger partial charge is 0.494 e. The molecule has 0 aromatic heterocycles. The van der Waals surface area contributed by atoms with Crippen molar-refractivity contribution in [2.24, 2.45) is 0 Å². The molecule has 0 bridgehead atoms. The normalized spacial score (nSPS) is 12.7. The Morgan fingerprint density at radius 1 is 1.06 bits per heavy atom. The summed E-state index contributed by atoms with van der Waals surface area (Å²) in [6.07, 6.45) is 1.61. The number of carbonyl (C=O) groups excluding carboxylic acids is 2. The van der Waals surface area contributed by atoms with Crippen molar-refractivity contribution in [3.63, 3.8) is 0 Å². The van der Waals surface area contributed by atoms with Crippen molar-refractivity contribution in [2.45, 2.75) is 58.7 Å². The predicted molar refractivity (Wildman–Crippen MR) is 126 cm³/mol. The van der Waals surface area contributed by atoms with Crippen LogP contribution in [0.2, 0.25) is 10.0 Å². The minimum absolute atomic E-state index is 0.0417. The fraction of sp³-hybridized carbons (Fsp3) is 0.417. The van der Waals surface area contributed by atoms with Crippen molar-refractivity contribution in [3.05, 3.63) is 64.1 Å². The highest BCUT2D eigenvalue weighted by Crippen LogP contribution is 2.20. The summed E-state index contributed by atoms with van der Waals surface area (Å²) in [7, 11) is 0. The van der Waals surface area contributed by atoms with Crippen molar-refractivity contribution in [2.75, 3.05) is 6.61 Å². The number of nitrogens with one attached hydrogen (secondary N) is 1. The minimum atomic E-state index is -0.616. The van der Waals surface area contributed by atoms with Crippen molar-refractivity contribution in [1.29, 1.82) is 0 Å². The molecule has 31 heavy (non-hydrogen) atoms. The number of nitrogens with zero attached hydrogens (tertiary/aromatic N) is 1. The molecule has 0 saturated heterocycles. The van der Waals surface area contributed by atoms with E-state index in [2.05, 4.69) is 5.32 Å². The van der Waals surface area contributed by atoms with Gasteiger partial charge in [-0.1, -0.05) is 48.3 Å². The molecule has 1 N–H and O–H groups in total. The van der Waals surface area contributed by atoms with E-state index in [1.807, 2.05) is 32.0 Å². The molecular weight excluding hydrogens is 435 g/mol. The van der Waals surface area contributed by atoms with Gasteiger partial charge < -0.3 is 15.0 Å². The molecular formula is C24H30Cl2N2O3. The van der Waals surface area contributed by atoms with Gasteiger partial charge in [-0.25, -0.2) is 0 Å². The first-order valence-electron chi connectivity index (χ1n) is 10.5. The fourth-order valence-corrected chi connectivity index (χ4v) is 3.27. The average molecular weight is 465 g/mol. The maximum absolute atomic E-state index is 13.0. The first kappa shape index (κ1) is 25.0. The van der Waals surface area contributed by atoms with Gasteiger partial charge in [0, 0.05) is 29.1 Å². The summed E-state index contributed by atoms with van der Waals surface area (Å²) in [5, 5.41) is 4.17. The predicted octanol–water partition coefficient (Wildman–Crippen LogP) is 5.48. The summed E-state index contributed by atoms with van der Waals surface area (Å²) in [5.41, 5.74) is 0.804. The van der Waals surface area contributed by atoms with Crippen molar-refractivity contribution in [1.82, 2.24) is 10.2 Å². The first-order chi connectivity index (χ1) is 14.8. The van der Waals surface area contributed by atoms with Crippen LogP contribution in [0.4, 0.5) is 0 Å². The van der Waals surface area contributed by atoms with E-state index in [1.54, 1.807) is 42.2 Å². The Hall–Kier alpha value is -2.24. The van der Waals surface area contributed by atoms with Crippen molar-refractivity contribution < 1.29 is 14.3 Å². The lowest BCUT2D eigenvalue weighted by Gasteiger charge is -2.30. The standard InChI is InChI=1S/C24H30Cl2N2O3/c1-4-17(2)27-24(30)18(3)28(16-19-8-5-6-9-22(19)26)23(29)10-7-15-31-21-13-11-20(25)12-14-21/h5-6,8-9,11-14,17-18H,4,7,10,15-16H2,1-3H3,(H,27,30)/t17-,18-/m0/s1. The lowest BCUT2D eigenvalue weighted by Crippen LogP contribution is -2.49. The number of carbonyl (C=O) groups is 2. The van der Waals surface area contributed by atoms with E-state index in [1.165, 1.54) is 0 Å². The zero-order valence-corrected chi connectivity index (χ0v) is 19.7. The van der Waals surface area contributed by atoms with E-state index in [9.17, 15) is 9.59 Å². The zero-order chi connectivity index (χ0) is 22.8. The number of rotatable bonds is 11. The molecule has 2 rings (SSSR count). The number of ether oxygens (including phenoxy) is 1. The fourth-order valence-electron chi connectivity index (χ4n) is 2.95. The topological polar surface area (TPSA) is 58.6 Å². The van der Waals surface area contributed by atoms with Gasteiger partial charge in [-0.3, -0.25) is 9.59 Å². The van der Waals surface area contributed by atoms with Gasteiger partial charge in [0.05, 0.1) is 6.61 Å². The smallest absolute Gasteiger partial charge is 0.242 e. The summed E-state index contributed by atoms with van der Waals surface area (Å²) < 4.78 is 5.67. The zero-order valence-electron chi connectivity index (χ0n) is 18.2. The Bertz CT molecular complexity index is 858. The Morgan fingerprint density at radius 3 is 2.39 bits per heavy atom. The van der Waals surface area contributed by atoms with Crippen LogP contribution in [0.3, 0.4) is 0 Å². The summed E-state index contributed by atoms with van der Waals surface area (Å²) >= 11 is 12.2. The van der Waals surface area contributed by atoms with Gasteiger partial charge in [-0.05, 0) is 62.6 Å². The van der Waals surface area contributed by atoms with Gasteiger partial charge in [0.15, 0.2) is 0 Å². The second kappa shape index (κ2) is 12.6. The maximum Gasteiger partial charge on any atom is 0.242 e. The SMILES string of the molecule is CC[C@H](C)NC(=O)[C@H](C)N(Cc1ccccc1Cl)C(=O)CCCOc1ccc(Cl)cc1. The monoisotopic (exact) mass is 464 g/mol. The number of hydrogen-bond acceptors (Lipinski definition) is 3. The van der Waals surface area contributed by atoms with Gasteiger partial charge in [-0.2, -0.15) is 0 Å². The third kappa shape index (κ3) is 8.08. The molecule has 7 heteroatoms. The molecule has 0 saturated carbocycles. The molecule has 2 aromatic carbocycles. The Kier molecular flexibility index (Phi) is 10.2. The summed E-state index contributed by atoms with van der Waals surface area (Å²) in [6.45, 7) is 6.35. The van der Waals surface area contributed by atoms with E-state index >= 15 is 0 Å². The van der Waals surface area contributed by atoms with Crippen molar-refractivity contribution >= 4 is 35.0 Å². The molecule has 0 aliphatic carbocycles. The number of benzene rings is 2. The van der Waals surface area contributed by atoms with Crippen molar-refractivity contribution in [3.8, 4) is 5.75 Å². The summed E-state index contributed by atoms with van der Waals surface area (Å²) in [5.74, 6) is 0.407.